The third-order valence-electron chi connectivity index (χ3n) is 4.87. The van der Waals surface area contributed by atoms with E-state index in [4.69, 9.17) is 0 Å². The van der Waals surface area contributed by atoms with Crippen LogP contribution in [0.1, 0.15) is 10.4 Å². The molecule has 0 unspecified atom stereocenters. The van der Waals surface area contributed by atoms with E-state index in [0.717, 1.165) is 0 Å². The molecule has 4 N–H and O–H groups in total. The summed E-state index contributed by atoms with van der Waals surface area (Å²) in [4.78, 5) is 12.0. The van der Waals surface area contributed by atoms with E-state index < -0.39 is 20.0 Å². The number of anilines is 3. The predicted molar refractivity (Wildman–Crippen MR) is 115 cm³/mol. The van der Waals surface area contributed by atoms with Gasteiger partial charge in [-0.15, -0.1) is 0 Å². The van der Waals surface area contributed by atoms with Gasteiger partial charge in [0.1, 0.15) is 0 Å². The van der Waals surface area contributed by atoms with Crippen LogP contribution in [-0.2, 0) is 20.0 Å². The second kappa shape index (κ2) is 6.97. The molecule has 0 bridgehead atoms. The molecule has 30 heavy (non-hydrogen) atoms. The zero-order chi connectivity index (χ0) is 21.7. The highest BCUT2D eigenvalue weighted by Gasteiger charge is 2.27. The summed E-state index contributed by atoms with van der Waals surface area (Å²) in [6.07, 6.45) is 0. The number of hydrogen-bond donors (Lipinski definition) is 4. The van der Waals surface area contributed by atoms with E-state index in [2.05, 4.69) is 20.1 Å². The molecule has 4 rings (SSSR count). The maximum Gasteiger partial charge on any atom is 0.262 e. The molecule has 3 aromatic carbocycles. The van der Waals surface area contributed by atoms with Crippen molar-refractivity contribution in [3.05, 3.63) is 54.1 Å². The largest absolute Gasteiger partial charge is 0.386 e. The molecule has 156 valence electrons. The Morgan fingerprint density at radius 2 is 1.63 bits per heavy atom. The first-order valence-electron chi connectivity index (χ1n) is 8.83. The van der Waals surface area contributed by atoms with Crippen LogP contribution in [0, 0.1) is 0 Å². The number of sulfonamides is 2. The van der Waals surface area contributed by atoms with Crippen molar-refractivity contribution in [3.63, 3.8) is 0 Å². The lowest BCUT2D eigenvalue weighted by Gasteiger charge is -2.15. The van der Waals surface area contributed by atoms with Crippen LogP contribution in [-0.4, -0.2) is 36.8 Å². The van der Waals surface area contributed by atoms with Crippen LogP contribution in [0.5, 0.6) is 0 Å². The van der Waals surface area contributed by atoms with Gasteiger partial charge >= 0.3 is 0 Å². The lowest BCUT2D eigenvalue weighted by molar-refractivity contribution is 0.103. The molecule has 1 amide bonds. The summed E-state index contributed by atoms with van der Waals surface area (Å²) < 4.78 is 55.4. The fourth-order valence-electron chi connectivity index (χ4n) is 3.41. The molecule has 1 aliphatic rings. The predicted octanol–water partition coefficient (Wildman–Crippen LogP) is 2.16. The Morgan fingerprint density at radius 1 is 0.867 bits per heavy atom. The zero-order valence-corrected chi connectivity index (χ0v) is 17.6. The summed E-state index contributed by atoms with van der Waals surface area (Å²) >= 11 is 0. The van der Waals surface area contributed by atoms with Gasteiger partial charge in [-0.25, -0.2) is 21.6 Å². The van der Waals surface area contributed by atoms with Gasteiger partial charge in [0.05, 0.1) is 21.2 Å². The highest BCUT2D eigenvalue weighted by Crippen LogP contribution is 2.37. The van der Waals surface area contributed by atoms with Crippen molar-refractivity contribution in [2.75, 3.05) is 29.5 Å². The van der Waals surface area contributed by atoms with Crippen molar-refractivity contribution in [2.45, 2.75) is 9.79 Å². The average Bonchev–Trinajstić information content (AvgIpc) is 3.05. The van der Waals surface area contributed by atoms with Gasteiger partial charge in [0.2, 0.25) is 10.0 Å². The van der Waals surface area contributed by atoms with Crippen molar-refractivity contribution >= 4 is 53.8 Å². The summed E-state index contributed by atoms with van der Waals surface area (Å²) in [6.45, 7) is 0. The summed E-state index contributed by atoms with van der Waals surface area (Å²) in [6, 6.07) is 11.9. The maximum absolute atomic E-state index is 13.2. The summed E-state index contributed by atoms with van der Waals surface area (Å²) in [5.41, 5.74) is 1.42. The van der Waals surface area contributed by atoms with E-state index in [9.17, 15) is 21.6 Å². The number of hydrogen-bond acceptors (Lipinski definition) is 6. The number of rotatable bonds is 6. The lowest BCUT2D eigenvalue weighted by Crippen LogP contribution is -2.20. The Morgan fingerprint density at radius 3 is 2.33 bits per heavy atom. The highest BCUT2D eigenvalue weighted by atomic mass is 32.2. The first-order valence-corrected chi connectivity index (χ1v) is 11.8. The van der Waals surface area contributed by atoms with Gasteiger partial charge < -0.3 is 10.6 Å². The van der Waals surface area contributed by atoms with E-state index >= 15 is 0 Å². The minimum Gasteiger partial charge on any atom is -0.386 e. The number of nitrogens with one attached hydrogen (secondary N) is 4. The van der Waals surface area contributed by atoms with Crippen LogP contribution in [0.25, 0.3) is 10.8 Å². The van der Waals surface area contributed by atoms with Crippen LogP contribution in [0.3, 0.4) is 0 Å². The molecular weight excluding hydrogens is 428 g/mol. The molecule has 0 aromatic heterocycles. The SMILES string of the molecule is CNc1ccc(S(=O)(=O)NC)cc1NS(=O)(=O)c1ccc2c3c(cccc13)C(=O)N2. The molecule has 3 aromatic rings. The second-order valence-electron chi connectivity index (χ2n) is 6.56. The molecule has 9 nitrogen and oxygen atoms in total. The van der Waals surface area contributed by atoms with E-state index in [1.807, 2.05) is 0 Å². The van der Waals surface area contributed by atoms with Gasteiger partial charge in [0.15, 0.2) is 0 Å². The third kappa shape index (κ3) is 3.16. The van der Waals surface area contributed by atoms with Gasteiger partial charge in [-0.3, -0.25) is 9.52 Å². The van der Waals surface area contributed by atoms with E-state index in [1.165, 1.54) is 37.4 Å². The number of carbonyl (C=O) groups excluding carboxylic acids is 1. The highest BCUT2D eigenvalue weighted by molar-refractivity contribution is 7.93. The van der Waals surface area contributed by atoms with Gasteiger partial charge in [0, 0.05) is 29.1 Å². The molecule has 1 aliphatic heterocycles. The Balaban J connectivity index is 1.85. The van der Waals surface area contributed by atoms with Gasteiger partial charge in [-0.2, -0.15) is 0 Å². The molecule has 0 radical (unpaired) electrons. The van der Waals surface area contributed by atoms with Crippen molar-refractivity contribution in [2.24, 2.45) is 0 Å². The smallest absolute Gasteiger partial charge is 0.262 e. The van der Waals surface area contributed by atoms with Crippen molar-refractivity contribution in [3.8, 4) is 0 Å². The first kappa shape index (κ1) is 20.1. The van der Waals surface area contributed by atoms with Gasteiger partial charge in [0.25, 0.3) is 15.9 Å². The molecule has 0 atom stereocenters. The topological polar surface area (TPSA) is 133 Å². The molecule has 0 aliphatic carbocycles. The molecule has 1 heterocycles. The van der Waals surface area contributed by atoms with Gasteiger partial charge in [-0.05, 0) is 43.4 Å². The summed E-state index contributed by atoms with van der Waals surface area (Å²) in [5, 5.41) is 6.47. The van der Waals surface area contributed by atoms with Crippen molar-refractivity contribution < 1.29 is 21.6 Å². The number of benzene rings is 3. The lowest BCUT2D eigenvalue weighted by atomic mass is 10.1. The fourth-order valence-corrected chi connectivity index (χ4v) is 5.44. The Kier molecular flexibility index (Phi) is 4.68. The summed E-state index contributed by atoms with van der Waals surface area (Å²) in [7, 11) is -5.01. The molecule has 0 spiro atoms. The summed E-state index contributed by atoms with van der Waals surface area (Å²) in [5.74, 6) is -0.291. The number of amides is 1. The van der Waals surface area contributed by atoms with Crippen LogP contribution < -0.4 is 20.1 Å². The van der Waals surface area contributed by atoms with Crippen LogP contribution in [0.4, 0.5) is 17.1 Å². The monoisotopic (exact) mass is 446 g/mol. The fraction of sp³-hybridized carbons (Fsp3) is 0.105. The first-order chi connectivity index (χ1) is 14.2. The number of carbonyl (C=O) groups is 1. The van der Waals surface area contributed by atoms with Crippen LogP contribution in [0.2, 0.25) is 0 Å². The molecule has 0 saturated carbocycles. The minimum absolute atomic E-state index is 0.0245. The third-order valence-corrected chi connectivity index (χ3v) is 7.70. The van der Waals surface area contributed by atoms with Crippen LogP contribution in [0.15, 0.2) is 58.3 Å². The second-order valence-corrected chi connectivity index (χ2v) is 10.1. The quantitative estimate of drug-likeness (QED) is 0.459. The average molecular weight is 447 g/mol. The Labute approximate surface area is 173 Å². The van der Waals surface area contributed by atoms with Crippen LogP contribution >= 0.6 is 0 Å². The van der Waals surface area contributed by atoms with Gasteiger partial charge in [-0.1, -0.05) is 12.1 Å². The van der Waals surface area contributed by atoms with E-state index in [0.29, 0.717) is 27.7 Å². The maximum atomic E-state index is 13.2. The molecular formula is C19H18N4O5S2. The Bertz CT molecular complexity index is 1420. The zero-order valence-electron chi connectivity index (χ0n) is 16.0. The molecule has 0 fully saturated rings. The minimum atomic E-state index is -4.11. The van der Waals surface area contributed by atoms with Crippen molar-refractivity contribution in [1.29, 1.82) is 0 Å². The normalized spacial score (nSPS) is 13.3. The van der Waals surface area contributed by atoms with Crippen molar-refractivity contribution in [1.82, 2.24) is 4.72 Å². The Hall–Kier alpha value is -3.15. The standard InChI is InChI=1S/C19H18N4O5S2/c1-20-14-7-6-11(29(25,26)21-2)10-16(14)23-30(27,28)17-9-8-15-18-12(17)4-3-5-13(18)19(24)22-15/h3-10,20-21,23H,1-2H3,(H,22,24). The van der Waals surface area contributed by atoms with E-state index in [1.54, 1.807) is 25.2 Å². The molecule has 0 saturated heterocycles. The molecule has 11 heteroatoms. The van der Waals surface area contributed by atoms with E-state index in [-0.39, 0.29) is 21.4 Å².